The van der Waals surface area contributed by atoms with Crippen LogP contribution < -0.4 is 9.47 Å². The van der Waals surface area contributed by atoms with Crippen LogP contribution in [0.2, 0.25) is 0 Å². The van der Waals surface area contributed by atoms with E-state index in [1.54, 1.807) is 19.1 Å². The molecule has 1 N–H and O–H groups in total. The summed E-state index contributed by atoms with van der Waals surface area (Å²) in [6.07, 6.45) is 0.371. The molecule has 2 aromatic carbocycles. The van der Waals surface area contributed by atoms with Crippen LogP contribution in [0.4, 0.5) is 4.79 Å². The van der Waals surface area contributed by atoms with E-state index in [-0.39, 0.29) is 6.09 Å². The molecule has 0 radical (unpaired) electrons. The Labute approximate surface area is 225 Å². The van der Waals surface area contributed by atoms with Crippen molar-refractivity contribution in [2.45, 2.75) is 44.8 Å². The second-order valence-electron chi connectivity index (χ2n) is 9.85. The lowest BCUT2D eigenvalue weighted by molar-refractivity contribution is -0.0387. The minimum Gasteiger partial charge on any atom is -0.497 e. The van der Waals surface area contributed by atoms with E-state index in [4.69, 9.17) is 19.3 Å². The van der Waals surface area contributed by atoms with Gasteiger partial charge in [0.2, 0.25) is 0 Å². The third-order valence-corrected chi connectivity index (χ3v) is 7.21. The summed E-state index contributed by atoms with van der Waals surface area (Å²) in [6.45, 7) is 6.31. The van der Waals surface area contributed by atoms with E-state index in [2.05, 4.69) is 22.6 Å². The molecule has 2 heterocycles. The van der Waals surface area contributed by atoms with Crippen LogP contribution in [-0.4, -0.2) is 58.8 Å². The average Bonchev–Trinajstić information content (AvgIpc) is 3.21. The molecule has 0 atom stereocenters. The highest BCUT2D eigenvalue weighted by molar-refractivity contribution is 14.1. The molecule has 192 valence electrons. The molecule has 1 aliphatic heterocycles. The molecule has 0 bridgehead atoms. The van der Waals surface area contributed by atoms with E-state index in [1.807, 2.05) is 74.0 Å². The Balaban J connectivity index is 1.71. The lowest BCUT2D eigenvalue weighted by atomic mass is 9.88. The average molecular weight is 605 g/mol. The number of nitrogens with zero attached hydrogens (tertiary/aromatic N) is 3. The molecular formula is C27H32IN3O5. The molecule has 0 saturated carbocycles. The third-order valence-electron chi connectivity index (χ3n) is 6.19. The van der Waals surface area contributed by atoms with E-state index >= 15 is 0 Å². The van der Waals surface area contributed by atoms with Crippen molar-refractivity contribution in [2.75, 3.05) is 27.3 Å². The van der Waals surface area contributed by atoms with E-state index < -0.39 is 11.2 Å². The van der Waals surface area contributed by atoms with Crippen LogP contribution in [0.1, 0.15) is 39.3 Å². The van der Waals surface area contributed by atoms with Crippen molar-refractivity contribution in [2.24, 2.45) is 0 Å². The SMILES string of the molecule is COc1ccc(-c2c(I)c(C3(O)CCN(C(=O)OC(C)(C)C)CC3)nn2-c2ccc(OC)cc2)cc1. The van der Waals surface area contributed by atoms with Gasteiger partial charge in [0.15, 0.2) is 0 Å². The maximum atomic E-state index is 12.5. The standard InChI is InChI=1S/C27H32IN3O5/c1-26(2,3)36-25(32)30-16-14-27(33,15-17-30)24-22(28)23(18-6-10-20(34-4)11-7-18)31(29-24)19-8-12-21(35-5)13-9-19/h6-13,33H,14-17H2,1-5H3. The predicted molar refractivity (Wildman–Crippen MR) is 146 cm³/mol. The van der Waals surface area contributed by atoms with Crippen molar-refractivity contribution < 1.29 is 24.1 Å². The molecule has 3 aromatic rings. The second kappa shape index (κ2) is 10.3. The van der Waals surface area contributed by atoms with Gasteiger partial charge in [-0.25, -0.2) is 9.48 Å². The third kappa shape index (κ3) is 5.46. The molecule has 8 nitrogen and oxygen atoms in total. The number of ether oxygens (including phenoxy) is 3. The van der Waals surface area contributed by atoms with Crippen molar-refractivity contribution in [1.82, 2.24) is 14.7 Å². The Bertz CT molecular complexity index is 1210. The van der Waals surface area contributed by atoms with Crippen LogP contribution in [0, 0.1) is 3.57 Å². The van der Waals surface area contributed by atoms with Gasteiger partial charge in [0.1, 0.15) is 28.4 Å². The molecule has 0 unspecified atom stereocenters. The number of hydrogen-bond acceptors (Lipinski definition) is 6. The van der Waals surface area contributed by atoms with E-state index in [0.29, 0.717) is 31.6 Å². The second-order valence-corrected chi connectivity index (χ2v) is 10.9. The summed E-state index contributed by atoms with van der Waals surface area (Å²) < 4.78 is 18.9. The molecule has 1 fully saturated rings. The van der Waals surface area contributed by atoms with Gasteiger partial charge in [-0.2, -0.15) is 5.10 Å². The van der Waals surface area contributed by atoms with Crippen molar-refractivity contribution in [3.05, 3.63) is 57.8 Å². The highest BCUT2D eigenvalue weighted by atomic mass is 127. The fourth-order valence-electron chi connectivity index (χ4n) is 4.23. The first-order valence-electron chi connectivity index (χ1n) is 11.8. The maximum absolute atomic E-state index is 12.5. The number of benzene rings is 2. The Hall–Kier alpha value is -2.79. The van der Waals surface area contributed by atoms with Crippen LogP contribution in [0.3, 0.4) is 0 Å². The molecule has 1 aliphatic rings. The summed E-state index contributed by atoms with van der Waals surface area (Å²) in [5, 5.41) is 16.7. The Morgan fingerprint density at radius 2 is 1.50 bits per heavy atom. The number of piperidine rings is 1. The fourth-order valence-corrected chi connectivity index (χ4v) is 5.38. The first kappa shape index (κ1) is 26.3. The smallest absolute Gasteiger partial charge is 0.410 e. The number of hydrogen-bond donors (Lipinski definition) is 1. The Kier molecular flexibility index (Phi) is 7.51. The molecule has 36 heavy (non-hydrogen) atoms. The highest BCUT2D eigenvalue weighted by Gasteiger charge is 2.41. The number of carbonyl (C=O) groups is 1. The summed E-state index contributed by atoms with van der Waals surface area (Å²) in [5.74, 6) is 1.51. The normalized spacial score (nSPS) is 15.5. The summed E-state index contributed by atoms with van der Waals surface area (Å²) in [5.41, 5.74) is 1.54. The van der Waals surface area contributed by atoms with Crippen molar-refractivity contribution in [3.63, 3.8) is 0 Å². The van der Waals surface area contributed by atoms with Crippen LogP contribution in [0.15, 0.2) is 48.5 Å². The fraction of sp³-hybridized carbons (Fsp3) is 0.407. The molecule has 4 rings (SSSR count). The zero-order valence-electron chi connectivity index (χ0n) is 21.2. The molecule has 1 saturated heterocycles. The lowest BCUT2D eigenvalue weighted by Gasteiger charge is -2.37. The van der Waals surface area contributed by atoms with E-state index in [1.165, 1.54) is 0 Å². The minimum atomic E-state index is -1.17. The molecular weight excluding hydrogens is 573 g/mol. The zero-order valence-corrected chi connectivity index (χ0v) is 23.4. The topological polar surface area (TPSA) is 86.0 Å². The molecule has 0 spiro atoms. The summed E-state index contributed by atoms with van der Waals surface area (Å²) >= 11 is 2.27. The van der Waals surface area contributed by atoms with Gasteiger partial charge in [-0.15, -0.1) is 0 Å². The van der Waals surface area contributed by atoms with Crippen LogP contribution in [-0.2, 0) is 10.3 Å². The van der Waals surface area contributed by atoms with Gasteiger partial charge in [0.25, 0.3) is 0 Å². The van der Waals surface area contributed by atoms with Crippen LogP contribution in [0.25, 0.3) is 16.9 Å². The van der Waals surface area contributed by atoms with Gasteiger partial charge in [0, 0.05) is 18.7 Å². The van der Waals surface area contributed by atoms with Gasteiger partial charge < -0.3 is 24.2 Å². The monoisotopic (exact) mass is 605 g/mol. The summed E-state index contributed by atoms with van der Waals surface area (Å²) in [7, 11) is 3.27. The van der Waals surface area contributed by atoms with E-state index in [0.717, 1.165) is 32.0 Å². The molecule has 9 heteroatoms. The number of carbonyl (C=O) groups excluding carboxylic acids is 1. The van der Waals surface area contributed by atoms with Crippen LogP contribution >= 0.6 is 22.6 Å². The van der Waals surface area contributed by atoms with Crippen molar-refractivity contribution in [3.8, 4) is 28.4 Å². The Morgan fingerprint density at radius 3 is 2.00 bits per heavy atom. The largest absolute Gasteiger partial charge is 0.497 e. The number of aliphatic hydroxyl groups is 1. The number of rotatable bonds is 5. The lowest BCUT2D eigenvalue weighted by Crippen LogP contribution is -2.47. The molecule has 1 amide bonds. The number of aromatic nitrogens is 2. The quantitative estimate of drug-likeness (QED) is 0.394. The van der Waals surface area contributed by atoms with Gasteiger partial charge in [-0.05, 0) is 105 Å². The summed E-state index contributed by atoms with van der Waals surface area (Å²) in [6, 6.07) is 15.4. The predicted octanol–water partition coefficient (Wildman–Crippen LogP) is 5.38. The van der Waals surface area contributed by atoms with Gasteiger partial charge >= 0.3 is 6.09 Å². The number of likely N-dealkylation sites (tertiary alicyclic amines) is 1. The Morgan fingerprint density at radius 1 is 0.972 bits per heavy atom. The number of halogens is 1. The molecule has 0 aliphatic carbocycles. The highest BCUT2D eigenvalue weighted by Crippen LogP contribution is 2.40. The van der Waals surface area contributed by atoms with Gasteiger partial charge in [-0.3, -0.25) is 0 Å². The first-order chi connectivity index (χ1) is 17.0. The number of amides is 1. The summed E-state index contributed by atoms with van der Waals surface area (Å²) in [4.78, 5) is 14.2. The number of methoxy groups -OCH3 is 2. The first-order valence-corrected chi connectivity index (χ1v) is 12.9. The van der Waals surface area contributed by atoms with Gasteiger partial charge in [-0.1, -0.05) is 0 Å². The zero-order chi connectivity index (χ0) is 26.1. The molecule has 1 aromatic heterocycles. The van der Waals surface area contributed by atoms with Crippen molar-refractivity contribution in [1.29, 1.82) is 0 Å². The van der Waals surface area contributed by atoms with Crippen molar-refractivity contribution >= 4 is 28.7 Å². The van der Waals surface area contributed by atoms with Crippen LogP contribution in [0.5, 0.6) is 11.5 Å². The maximum Gasteiger partial charge on any atom is 0.410 e. The van der Waals surface area contributed by atoms with E-state index in [9.17, 15) is 9.90 Å². The minimum absolute atomic E-state index is 0.359. The van der Waals surface area contributed by atoms with Gasteiger partial charge in [0.05, 0.1) is 29.2 Å².